The molecule has 0 spiro atoms. The Balaban J connectivity index is 2.16. The van der Waals surface area contributed by atoms with Crippen molar-refractivity contribution in [1.82, 2.24) is 4.72 Å². The highest BCUT2D eigenvalue weighted by Crippen LogP contribution is 2.32. The molecule has 1 aliphatic rings. The molecule has 0 amide bonds. The Labute approximate surface area is 129 Å². The van der Waals surface area contributed by atoms with Crippen molar-refractivity contribution in [2.75, 3.05) is 0 Å². The third-order valence-corrected chi connectivity index (χ3v) is 6.93. The Morgan fingerprint density at radius 2 is 1.95 bits per heavy atom. The Hall–Kier alpha value is -0.480. The number of hydrogen-bond acceptors (Lipinski definition) is 5. The zero-order valence-corrected chi connectivity index (χ0v) is 13.6. The highest BCUT2D eigenvalue weighted by molar-refractivity contribution is 9.11. The molecular formula is C11H14BrNO5S2. The van der Waals surface area contributed by atoms with Crippen molar-refractivity contribution in [1.29, 1.82) is 0 Å². The molecule has 0 radical (unpaired) electrons. The number of thiophene rings is 1. The molecule has 1 aliphatic carbocycles. The maximum Gasteiger partial charge on any atom is 0.345 e. The van der Waals surface area contributed by atoms with Crippen LogP contribution in [0.15, 0.2) is 14.7 Å². The Kier molecular flexibility index (Phi) is 4.85. The Morgan fingerprint density at radius 1 is 1.35 bits per heavy atom. The van der Waals surface area contributed by atoms with Gasteiger partial charge < -0.3 is 10.2 Å². The average Bonchev–Trinajstić information content (AvgIpc) is 2.75. The highest BCUT2D eigenvalue weighted by atomic mass is 79.9. The number of nitrogens with one attached hydrogen (secondary N) is 1. The normalized spacial score (nSPS) is 23.7. The van der Waals surface area contributed by atoms with Gasteiger partial charge in [-0.05, 0) is 47.7 Å². The molecule has 0 unspecified atom stereocenters. The summed E-state index contributed by atoms with van der Waals surface area (Å²) < 4.78 is 27.3. The molecule has 1 fully saturated rings. The zero-order valence-electron chi connectivity index (χ0n) is 10.4. The van der Waals surface area contributed by atoms with Crippen LogP contribution < -0.4 is 4.72 Å². The lowest BCUT2D eigenvalue weighted by molar-refractivity contribution is 0.0702. The van der Waals surface area contributed by atoms with E-state index in [1.807, 2.05) is 0 Å². The second-order valence-electron chi connectivity index (χ2n) is 4.68. The van der Waals surface area contributed by atoms with Crippen LogP contribution in [0.4, 0.5) is 0 Å². The molecule has 2 rings (SSSR count). The van der Waals surface area contributed by atoms with E-state index >= 15 is 0 Å². The van der Waals surface area contributed by atoms with E-state index in [1.165, 1.54) is 0 Å². The van der Waals surface area contributed by atoms with Gasteiger partial charge in [-0.3, -0.25) is 0 Å². The first kappa shape index (κ1) is 15.9. The molecule has 9 heteroatoms. The van der Waals surface area contributed by atoms with Crippen LogP contribution >= 0.6 is 27.3 Å². The van der Waals surface area contributed by atoms with Crippen molar-refractivity contribution in [2.45, 2.75) is 42.7 Å². The van der Waals surface area contributed by atoms with Crippen LogP contribution in [-0.4, -0.2) is 36.7 Å². The van der Waals surface area contributed by atoms with Crippen molar-refractivity contribution in [3.8, 4) is 0 Å². The minimum atomic E-state index is -3.75. The van der Waals surface area contributed by atoms with Crippen LogP contribution in [0.25, 0.3) is 0 Å². The fraction of sp³-hybridized carbons (Fsp3) is 0.545. The minimum absolute atomic E-state index is 0.0312. The van der Waals surface area contributed by atoms with E-state index in [4.69, 9.17) is 5.11 Å². The van der Waals surface area contributed by atoms with Gasteiger partial charge in [0.15, 0.2) is 0 Å². The molecule has 112 valence electrons. The summed E-state index contributed by atoms with van der Waals surface area (Å²) in [7, 11) is -3.75. The number of carboxylic acids is 1. The van der Waals surface area contributed by atoms with Gasteiger partial charge in [-0.25, -0.2) is 17.9 Å². The molecule has 1 aromatic rings. The lowest BCUT2D eigenvalue weighted by atomic mass is 9.94. The summed E-state index contributed by atoms with van der Waals surface area (Å²) in [5.41, 5.74) is 0. The van der Waals surface area contributed by atoms with Gasteiger partial charge in [0.05, 0.1) is 9.89 Å². The number of carboxylic acid groups (broad SMARTS) is 1. The van der Waals surface area contributed by atoms with Gasteiger partial charge in [-0.2, -0.15) is 0 Å². The first-order valence-electron chi connectivity index (χ1n) is 6.02. The molecular weight excluding hydrogens is 370 g/mol. The largest absolute Gasteiger partial charge is 0.477 e. The summed E-state index contributed by atoms with van der Waals surface area (Å²) >= 11 is 3.96. The molecule has 0 atom stereocenters. The van der Waals surface area contributed by atoms with Gasteiger partial charge in [0.2, 0.25) is 10.0 Å². The van der Waals surface area contributed by atoms with E-state index < -0.39 is 16.0 Å². The topological polar surface area (TPSA) is 104 Å². The van der Waals surface area contributed by atoms with Gasteiger partial charge >= 0.3 is 5.97 Å². The number of carbonyl (C=O) groups is 1. The zero-order chi connectivity index (χ0) is 14.9. The summed E-state index contributed by atoms with van der Waals surface area (Å²) in [6.45, 7) is 0. The van der Waals surface area contributed by atoms with Gasteiger partial charge in [0.1, 0.15) is 9.77 Å². The van der Waals surface area contributed by atoms with Crippen molar-refractivity contribution in [3.05, 3.63) is 14.7 Å². The highest BCUT2D eigenvalue weighted by Gasteiger charge is 2.28. The summed E-state index contributed by atoms with van der Waals surface area (Å²) in [6.07, 6.45) is 1.93. The molecule has 0 aromatic carbocycles. The second-order valence-corrected chi connectivity index (χ2v) is 8.73. The molecule has 0 saturated heterocycles. The van der Waals surface area contributed by atoms with Gasteiger partial charge in [0, 0.05) is 6.04 Å². The second kappa shape index (κ2) is 6.10. The lowest BCUT2D eigenvalue weighted by Gasteiger charge is -2.25. The fourth-order valence-electron chi connectivity index (χ4n) is 2.12. The van der Waals surface area contributed by atoms with Crippen LogP contribution in [0.5, 0.6) is 0 Å². The molecule has 0 aliphatic heterocycles. The first-order valence-corrected chi connectivity index (χ1v) is 9.12. The van der Waals surface area contributed by atoms with E-state index in [0.717, 1.165) is 17.4 Å². The van der Waals surface area contributed by atoms with Crippen LogP contribution in [0.2, 0.25) is 0 Å². The van der Waals surface area contributed by atoms with Crippen molar-refractivity contribution in [3.63, 3.8) is 0 Å². The number of halogens is 1. The number of rotatable bonds is 4. The molecule has 1 heterocycles. The summed E-state index contributed by atoms with van der Waals surface area (Å²) in [4.78, 5) is 10.8. The predicted molar refractivity (Wildman–Crippen MR) is 77.6 cm³/mol. The third kappa shape index (κ3) is 3.59. The smallest absolute Gasteiger partial charge is 0.345 e. The maximum absolute atomic E-state index is 12.2. The molecule has 3 N–H and O–H groups in total. The van der Waals surface area contributed by atoms with Crippen molar-refractivity contribution in [2.24, 2.45) is 0 Å². The minimum Gasteiger partial charge on any atom is -0.477 e. The maximum atomic E-state index is 12.2. The number of hydrogen-bond donors (Lipinski definition) is 3. The first-order chi connectivity index (χ1) is 9.29. The number of aromatic carboxylic acids is 1. The summed E-state index contributed by atoms with van der Waals surface area (Å²) in [5, 5.41) is 18.3. The average molecular weight is 384 g/mol. The quantitative estimate of drug-likeness (QED) is 0.735. The van der Waals surface area contributed by atoms with Crippen LogP contribution in [0.3, 0.4) is 0 Å². The van der Waals surface area contributed by atoms with Crippen LogP contribution in [0, 0.1) is 0 Å². The third-order valence-electron chi connectivity index (χ3n) is 3.17. The number of aliphatic hydroxyl groups excluding tert-OH is 1. The van der Waals surface area contributed by atoms with Crippen LogP contribution in [-0.2, 0) is 10.0 Å². The lowest BCUT2D eigenvalue weighted by Crippen LogP contribution is -2.38. The van der Waals surface area contributed by atoms with Crippen LogP contribution in [0.1, 0.15) is 35.4 Å². The molecule has 20 heavy (non-hydrogen) atoms. The summed E-state index contributed by atoms with van der Waals surface area (Å²) in [5.74, 6) is -1.15. The fourth-order valence-corrected chi connectivity index (χ4v) is 5.83. The van der Waals surface area contributed by atoms with E-state index in [-0.39, 0.29) is 25.7 Å². The SMILES string of the molecule is O=C(O)c1cc(S(=O)(=O)NC2CCC(O)CC2)c(Br)s1. The van der Waals surface area contributed by atoms with E-state index in [2.05, 4.69) is 20.7 Å². The number of sulfonamides is 1. The molecule has 0 bridgehead atoms. The Bertz CT molecular complexity index is 604. The molecule has 1 saturated carbocycles. The van der Waals surface area contributed by atoms with E-state index in [1.54, 1.807) is 0 Å². The van der Waals surface area contributed by atoms with E-state index in [0.29, 0.717) is 25.7 Å². The van der Waals surface area contributed by atoms with Crippen molar-refractivity contribution >= 4 is 43.3 Å². The molecule has 6 nitrogen and oxygen atoms in total. The standard InChI is InChI=1S/C11H14BrNO5S2/c12-10-9(5-8(19-10)11(15)16)20(17,18)13-6-1-3-7(14)4-2-6/h5-7,13-14H,1-4H2,(H,15,16). The summed E-state index contributed by atoms with van der Waals surface area (Å²) in [6, 6.07) is 0.931. The Morgan fingerprint density at radius 3 is 2.45 bits per heavy atom. The van der Waals surface area contributed by atoms with Gasteiger partial charge in [0.25, 0.3) is 0 Å². The van der Waals surface area contributed by atoms with Crippen molar-refractivity contribution < 1.29 is 23.4 Å². The van der Waals surface area contributed by atoms with E-state index in [9.17, 15) is 18.3 Å². The molecule has 1 aromatic heterocycles. The predicted octanol–water partition coefficient (Wildman–Crippen LogP) is 1.79. The van der Waals surface area contributed by atoms with Gasteiger partial charge in [-0.15, -0.1) is 11.3 Å². The number of aliphatic hydroxyl groups is 1. The van der Waals surface area contributed by atoms with Gasteiger partial charge in [-0.1, -0.05) is 0 Å². The monoisotopic (exact) mass is 383 g/mol.